The first-order valence-electron chi connectivity index (χ1n) is 6.18. The Labute approximate surface area is 129 Å². The normalized spacial score (nSPS) is 10.8. The summed E-state index contributed by atoms with van der Waals surface area (Å²) < 4.78 is 6.15. The van der Waals surface area contributed by atoms with Crippen molar-refractivity contribution in [2.45, 2.75) is 6.92 Å². The third kappa shape index (κ3) is 2.50. The van der Waals surface area contributed by atoms with E-state index in [0.717, 1.165) is 15.6 Å². The third-order valence-electron chi connectivity index (χ3n) is 3.10. The van der Waals surface area contributed by atoms with Crippen LogP contribution in [0.1, 0.15) is 5.56 Å². The van der Waals surface area contributed by atoms with E-state index in [4.69, 9.17) is 4.52 Å². The van der Waals surface area contributed by atoms with E-state index >= 15 is 0 Å². The Morgan fingerprint density at radius 1 is 1.10 bits per heavy atom. The van der Waals surface area contributed by atoms with E-state index in [2.05, 4.69) is 26.1 Å². The second kappa shape index (κ2) is 5.21. The lowest BCUT2D eigenvalue weighted by Gasteiger charge is -2.01. The topological polar surface area (TPSA) is 79.4 Å². The van der Waals surface area contributed by atoms with E-state index in [-0.39, 0.29) is 17.4 Å². The van der Waals surface area contributed by atoms with Crippen molar-refractivity contribution in [2.75, 3.05) is 0 Å². The molecule has 0 aliphatic heterocycles. The van der Waals surface area contributed by atoms with Crippen molar-refractivity contribution in [3.8, 4) is 34.3 Å². The fourth-order valence-corrected chi connectivity index (χ4v) is 2.50. The first kappa shape index (κ1) is 13.6. The number of aromatic hydroxyl groups is 2. The molecular weight excluding hydrogens is 336 g/mol. The summed E-state index contributed by atoms with van der Waals surface area (Å²) in [6, 6.07) is 10.3. The minimum absolute atomic E-state index is 0.153. The summed E-state index contributed by atoms with van der Waals surface area (Å²) in [6.45, 7) is 1.95. The molecule has 0 unspecified atom stereocenters. The van der Waals surface area contributed by atoms with Crippen molar-refractivity contribution < 1.29 is 14.7 Å². The Bertz CT molecular complexity index is 814. The molecule has 0 spiro atoms. The van der Waals surface area contributed by atoms with Crippen LogP contribution in [-0.4, -0.2) is 20.4 Å². The van der Waals surface area contributed by atoms with Crippen LogP contribution >= 0.6 is 15.9 Å². The maximum absolute atomic E-state index is 9.84. The number of phenols is 2. The SMILES string of the molecule is Cc1cc(Br)ccc1-c1noc(-c2cccc(O)c2O)n1. The molecule has 0 aliphatic carbocycles. The molecule has 0 radical (unpaired) electrons. The molecule has 2 aromatic carbocycles. The maximum atomic E-state index is 9.84. The van der Waals surface area contributed by atoms with Crippen LogP contribution in [0.3, 0.4) is 0 Å². The highest BCUT2D eigenvalue weighted by atomic mass is 79.9. The highest BCUT2D eigenvalue weighted by Crippen LogP contribution is 2.36. The zero-order chi connectivity index (χ0) is 15.0. The van der Waals surface area contributed by atoms with E-state index in [1.54, 1.807) is 12.1 Å². The third-order valence-corrected chi connectivity index (χ3v) is 3.59. The van der Waals surface area contributed by atoms with Gasteiger partial charge in [-0.15, -0.1) is 0 Å². The summed E-state index contributed by atoms with van der Waals surface area (Å²) in [5.74, 6) is 0.0748. The summed E-state index contributed by atoms with van der Waals surface area (Å²) in [7, 11) is 0. The lowest BCUT2D eigenvalue weighted by atomic mass is 10.1. The van der Waals surface area contributed by atoms with Gasteiger partial charge in [0.05, 0.1) is 5.56 Å². The zero-order valence-corrected chi connectivity index (χ0v) is 12.6. The van der Waals surface area contributed by atoms with E-state index in [1.807, 2.05) is 25.1 Å². The van der Waals surface area contributed by atoms with Gasteiger partial charge in [0, 0.05) is 10.0 Å². The number of hydrogen-bond donors (Lipinski definition) is 2. The zero-order valence-electron chi connectivity index (χ0n) is 11.0. The van der Waals surface area contributed by atoms with Crippen LogP contribution in [0.5, 0.6) is 11.5 Å². The number of benzene rings is 2. The molecule has 2 N–H and O–H groups in total. The first-order valence-corrected chi connectivity index (χ1v) is 6.97. The van der Waals surface area contributed by atoms with Crippen LogP contribution in [0.25, 0.3) is 22.8 Å². The van der Waals surface area contributed by atoms with Gasteiger partial charge in [-0.1, -0.05) is 27.2 Å². The van der Waals surface area contributed by atoms with Gasteiger partial charge in [0.15, 0.2) is 11.5 Å². The van der Waals surface area contributed by atoms with Crippen LogP contribution < -0.4 is 0 Å². The smallest absolute Gasteiger partial charge is 0.262 e. The van der Waals surface area contributed by atoms with E-state index in [0.29, 0.717) is 11.4 Å². The summed E-state index contributed by atoms with van der Waals surface area (Å²) in [6.07, 6.45) is 0. The Morgan fingerprint density at radius 2 is 1.90 bits per heavy atom. The summed E-state index contributed by atoms with van der Waals surface area (Å²) in [4.78, 5) is 4.28. The maximum Gasteiger partial charge on any atom is 0.262 e. The molecule has 0 fully saturated rings. The minimum Gasteiger partial charge on any atom is -0.504 e. The van der Waals surface area contributed by atoms with Gasteiger partial charge in [0.25, 0.3) is 5.89 Å². The van der Waals surface area contributed by atoms with Gasteiger partial charge in [-0.05, 0) is 42.8 Å². The lowest BCUT2D eigenvalue weighted by Crippen LogP contribution is -1.86. The van der Waals surface area contributed by atoms with Crippen LogP contribution in [-0.2, 0) is 0 Å². The average molecular weight is 347 g/mol. The second-order valence-electron chi connectivity index (χ2n) is 4.56. The fraction of sp³-hybridized carbons (Fsp3) is 0.0667. The largest absolute Gasteiger partial charge is 0.504 e. The number of nitrogens with zero attached hydrogens (tertiary/aromatic N) is 2. The molecule has 106 valence electrons. The van der Waals surface area contributed by atoms with Crippen molar-refractivity contribution in [3.63, 3.8) is 0 Å². The Hall–Kier alpha value is -2.34. The molecule has 0 bridgehead atoms. The van der Waals surface area contributed by atoms with Crippen LogP contribution in [0, 0.1) is 6.92 Å². The van der Waals surface area contributed by atoms with Gasteiger partial charge >= 0.3 is 0 Å². The summed E-state index contributed by atoms with van der Waals surface area (Å²) in [5.41, 5.74) is 2.13. The number of hydrogen-bond acceptors (Lipinski definition) is 5. The Kier molecular flexibility index (Phi) is 3.39. The molecule has 5 nitrogen and oxygen atoms in total. The van der Waals surface area contributed by atoms with Gasteiger partial charge < -0.3 is 14.7 Å². The molecule has 3 rings (SSSR count). The monoisotopic (exact) mass is 346 g/mol. The van der Waals surface area contributed by atoms with Crippen molar-refractivity contribution in [1.29, 1.82) is 0 Å². The Morgan fingerprint density at radius 3 is 2.67 bits per heavy atom. The van der Waals surface area contributed by atoms with E-state index in [1.165, 1.54) is 6.07 Å². The van der Waals surface area contributed by atoms with Gasteiger partial charge in [-0.2, -0.15) is 4.98 Å². The highest BCUT2D eigenvalue weighted by Gasteiger charge is 2.16. The van der Waals surface area contributed by atoms with Crippen molar-refractivity contribution >= 4 is 15.9 Å². The summed E-state index contributed by atoms with van der Waals surface area (Å²) >= 11 is 3.40. The van der Waals surface area contributed by atoms with Crippen molar-refractivity contribution in [2.24, 2.45) is 0 Å². The van der Waals surface area contributed by atoms with E-state index in [9.17, 15) is 10.2 Å². The highest BCUT2D eigenvalue weighted by molar-refractivity contribution is 9.10. The fourth-order valence-electron chi connectivity index (χ4n) is 2.02. The van der Waals surface area contributed by atoms with Gasteiger partial charge in [-0.25, -0.2) is 0 Å². The molecule has 0 saturated heterocycles. The van der Waals surface area contributed by atoms with Crippen LogP contribution in [0.15, 0.2) is 45.4 Å². The molecule has 0 aliphatic rings. The lowest BCUT2D eigenvalue weighted by molar-refractivity contribution is 0.397. The minimum atomic E-state index is -0.278. The number of aryl methyl sites for hydroxylation is 1. The first-order chi connectivity index (χ1) is 10.1. The number of phenolic OH excluding ortho intramolecular Hbond substituents is 2. The average Bonchev–Trinajstić information content (AvgIpc) is 2.91. The number of aromatic nitrogens is 2. The predicted octanol–water partition coefficient (Wildman–Crippen LogP) is 3.89. The quantitative estimate of drug-likeness (QED) is 0.688. The van der Waals surface area contributed by atoms with Crippen LogP contribution in [0.4, 0.5) is 0 Å². The van der Waals surface area contributed by atoms with Crippen molar-refractivity contribution in [3.05, 3.63) is 46.4 Å². The second-order valence-corrected chi connectivity index (χ2v) is 5.47. The Balaban J connectivity index is 2.06. The molecule has 21 heavy (non-hydrogen) atoms. The molecule has 0 amide bonds. The molecule has 3 aromatic rings. The molecule has 6 heteroatoms. The number of rotatable bonds is 2. The molecule has 0 atom stereocenters. The van der Waals surface area contributed by atoms with Gasteiger partial charge in [0.1, 0.15) is 0 Å². The number of halogens is 1. The van der Waals surface area contributed by atoms with Crippen molar-refractivity contribution in [1.82, 2.24) is 10.1 Å². The van der Waals surface area contributed by atoms with Crippen LogP contribution in [0.2, 0.25) is 0 Å². The molecule has 1 aromatic heterocycles. The number of para-hydroxylation sites is 1. The molecular formula is C15H11BrN2O3. The standard InChI is InChI=1S/C15H11BrN2O3/c1-8-7-9(16)5-6-10(8)14-17-15(21-18-14)11-3-2-4-12(19)13(11)20/h2-7,19-20H,1H3. The molecule has 1 heterocycles. The molecule has 0 saturated carbocycles. The van der Waals surface area contributed by atoms with Gasteiger partial charge in [-0.3, -0.25) is 0 Å². The van der Waals surface area contributed by atoms with E-state index < -0.39 is 0 Å². The van der Waals surface area contributed by atoms with Gasteiger partial charge in [0.2, 0.25) is 5.82 Å². The summed E-state index contributed by atoms with van der Waals surface area (Å²) in [5, 5.41) is 23.3. The predicted molar refractivity (Wildman–Crippen MR) is 80.9 cm³/mol.